The number of hydrogen-bond donors (Lipinski definition) is 4. The molecule has 0 fully saturated rings. The average Bonchev–Trinajstić information content (AvgIpc) is 2.51. The zero-order chi connectivity index (χ0) is 22.4. The number of ether oxygens (including phenoxy) is 2. The van der Waals surface area contributed by atoms with E-state index in [2.05, 4.69) is 31.6 Å². The fraction of sp³-hybridized carbons (Fsp3) is 0.526. The summed E-state index contributed by atoms with van der Waals surface area (Å²) < 4.78 is 10.7. The molecule has 0 saturated carbocycles. The Kier molecular flexibility index (Phi) is 8.46. The van der Waals surface area contributed by atoms with Gasteiger partial charge in [0.25, 0.3) is 0 Å². The first-order valence-corrected chi connectivity index (χ1v) is 9.66. The zero-order valence-electron chi connectivity index (χ0n) is 17.4. The second kappa shape index (κ2) is 9.93. The van der Waals surface area contributed by atoms with Crippen LogP contribution in [0.3, 0.4) is 0 Å². The van der Waals surface area contributed by atoms with Gasteiger partial charge in [-0.15, -0.1) is 0 Å². The first kappa shape index (κ1) is 24.7. The summed E-state index contributed by atoms with van der Waals surface area (Å²) in [6.07, 6.45) is -2.70. The van der Waals surface area contributed by atoms with Gasteiger partial charge in [0.1, 0.15) is 17.0 Å². The molecule has 0 saturated heterocycles. The molecule has 10 heteroatoms. The van der Waals surface area contributed by atoms with Crippen molar-refractivity contribution in [3.8, 4) is 5.75 Å². The Labute approximate surface area is 180 Å². The Morgan fingerprint density at radius 2 is 1.59 bits per heavy atom. The van der Waals surface area contributed by atoms with Crippen molar-refractivity contribution < 1.29 is 30.7 Å². The second-order valence-electron chi connectivity index (χ2n) is 8.17. The summed E-state index contributed by atoms with van der Waals surface area (Å²) in [7, 11) is 0. The number of carbonyl (C=O) groups is 2. The molecular formula is C19H30BrN3O6. The number of halogens is 1. The van der Waals surface area contributed by atoms with Crippen LogP contribution >= 0.6 is 15.9 Å². The molecule has 29 heavy (non-hydrogen) atoms. The maximum absolute atomic E-state index is 12.0. The number of aliphatic imine (C=N–C) groups is 1. The van der Waals surface area contributed by atoms with Gasteiger partial charge >= 0.3 is 12.2 Å². The van der Waals surface area contributed by atoms with E-state index in [-0.39, 0.29) is 19.7 Å². The number of phenolic OH excluding ortho intramolecular Hbond substituents is 1. The minimum absolute atomic E-state index is 0. The van der Waals surface area contributed by atoms with E-state index >= 15 is 0 Å². The van der Waals surface area contributed by atoms with Crippen LogP contribution in [-0.2, 0) is 9.47 Å². The van der Waals surface area contributed by atoms with Crippen molar-refractivity contribution in [1.29, 1.82) is 0 Å². The molecule has 1 aromatic carbocycles. The van der Waals surface area contributed by atoms with Crippen molar-refractivity contribution in [1.82, 2.24) is 10.6 Å². The summed E-state index contributed by atoms with van der Waals surface area (Å²) in [4.78, 5) is 28.1. The Bertz CT molecular complexity index is 743. The Hall–Kier alpha value is -2.33. The highest BCUT2D eigenvalue weighted by molar-refractivity contribution is 9.10. The molecule has 0 bridgehead atoms. The van der Waals surface area contributed by atoms with E-state index in [1.807, 2.05) is 0 Å². The van der Waals surface area contributed by atoms with E-state index in [0.717, 1.165) is 0 Å². The number of hydrogen-bond acceptors (Lipinski definition) is 7. The van der Waals surface area contributed by atoms with Crippen LogP contribution in [0.2, 0.25) is 0 Å². The molecule has 1 rings (SSSR count). The molecule has 1 aromatic rings. The SMILES string of the molecule is CC(C)(C)OC(=O)NC(=NCC(O)c1ccc(O)c(Br)c1)NC(=O)OC(C)(C)C.[HH]. The third-order valence-electron chi connectivity index (χ3n) is 3.02. The van der Waals surface area contributed by atoms with Crippen molar-refractivity contribution in [2.45, 2.75) is 58.8 Å². The van der Waals surface area contributed by atoms with Crippen molar-refractivity contribution in [2.24, 2.45) is 4.99 Å². The number of carbonyl (C=O) groups excluding carboxylic acids is 2. The smallest absolute Gasteiger partial charge is 0.414 e. The Balaban J connectivity index is 0.00000841. The van der Waals surface area contributed by atoms with Gasteiger partial charge in [-0.05, 0) is 75.2 Å². The molecule has 0 radical (unpaired) electrons. The largest absolute Gasteiger partial charge is 0.507 e. The highest BCUT2D eigenvalue weighted by Crippen LogP contribution is 2.27. The molecule has 9 nitrogen and oxygen atoms in total. The van der Waals surface area contributed by atoms with Crippen LogP contribution in [0.15, 0.2) is 27.7 Å². The number of benzene rings is 1. The summed E-state index contributed by atoms with van der Waals surface area (Å²) in [5.41, 5.74) is -1.02. The molecule has 1 unspecified atom stereocenters. The van der Waals surface area contributed by atoms with E-state index in [0.29, 0.717) is 10.0 Å². The number of nitrogens with one attached hydrogen (secondary N) is 2. The molecular weight excluding hydrogens is 446 g/mol. The lowest BCUT2D eigenvalue weighted by atomic mass is 10.1. The normalized spacial score (nSPS) is 12.6. The van der Waals surface area contributed by atoms with E-state index < -0.39 is 29.5 Å². The first-order chi connectivity index (χ1) is 13.2. The van der Waals surface area contributed by atoms with Gasteiger partial charge in [-0.2, -0.15) is 0 Å². The van der Waals surface area contributed by atoms with Crippen molar-refractivity contribution in [3.05, 3.63) is 28.2 Å². The molecule has 0 spiro atoms. The van der Waals surface area contributed by atoms with Gasteiger partial charge in [0.2, 0.25) is 5.96 Å². The summed E-state index contributed by atoms with van der Waals surface area (Å²) >= 11 is 3.17. The fourth-order valence-corrected chi connectivity index (χ4v) is 2.32. The Morgan fingerprint density at radius 1 is 1.10 bits per heavy atom. The molecule has 4 N–H and O–H groups in total. The minimum Gasteiger partial charge on any atom is -0.507 e. The number of rotatable bonds is 3. The van der Waals surface area contributed by atoms with Gasteiger partial charge in [-0.3, -0.25) is 10.6 Å². The summed E-state index contributed by atoms with van der Waals surface area (Å²) in [6, 6.07) is 4.49. The Morgan fingerprint density at radius 3 is 2.00 bits per heavy atom. The van der Waals surface area contributed by atoms with Crippen LogP contribution < -0.4 is 10.6 Å². The average molecular weight is 476 g/mol. The van der Waals surface area contributed by atoms with Crippen LogP contribution in [0.1, 0.15) is 54.6 Å². The third kappa shape index (κ3) is 10.1. The minimum atomic E-state index is -1.05. The quantitative estimate of drug-likeness (QED) is 0.388. The molecule has 1 atom stereocenters. The molecule has 0 aliphatic carbocycles. The van der Waals surface area contributed by atoms with Crippen LogP contribution in [0.25, 0.3) is 0 Å². The monoisotopic (exact) mass is 475 g/mol. The molecule has 0 aliphatic rings. The topological polar surface area (TPSA) is 129 Å². The number of guanidine groups is 1. The molecule has 2 amide bonds. The second-order valence-corrected chi connectivity index (χ2v) is 9.02. The summed E-state index contributed by atoms with van der Waals surface area (Å²) in [5, 5.41) is 24.5. The maximum atomic E-state index is 12.0. The van der Waals surface area contributed by atoms with Crippen LogP contribution in [0.5, 0.6) is 5.75 Å². The number of aliphatic hydroxyl groups excluding tert-OH is 1. The number of nitrogens with zero attached hydrogens (tertiary/aromatic N) is 1. The van der Waals surface area contributed by atoms with Crippen LogP contribution in [0, 0.1) is 0 Å². The van der Waals surface area contributed by atoms with E-state index in [1.165, 1.54) is 18.2 Å². The van der Waals surface area contributed by atoms with Crippen molar-refractivity contribution in [3.63, 3.8) is 0 Å². The first-order valence-electron chi connectivity index (χ1n) is 8.87. The molecule has 0 heterocycles. The number of phenols is 1. The number of amides is 2. The van der Waals surface area contributed by atoms with Gasteiger partial charge in [0.05, 0.1) is 17.1 Å². The molecule has 0 aliphatic heterocycles. The van der Waals surface area contributed by atoms with E-state index in [9.17, 15) is 19.8 Å². The maximum Gasteiger partial charge on any atom is 0.414 e. The van der Waals surface area contributed by atoms with Gasteiger partial charge in [0.15, 0.2) is 0 Å². The predicted molar refractivity (Wildman–Crippen MR) is 114 cm³/mol. The van der Waals surface area contributed by atoms with Crippen molar-refractivity contribution in [2.75, 3.05) is 6.54 Å². The molecule has 0 aromatic heterocycles. The van der Waals surface area contributed by atoms with Crippen LogP contribution in [-0.4, -0.2) is 46.1 Å². The van der Waals surface area contributed by atoms with Crippen LogP contribution in [0.4, 0.5) is 9.59 Å². The number of alkyl carbamates (subject to hydrolysis) is 2. The van der Waals surface area contributed by atoms with Crippen molar-refractivity contribution >= 4 is 34.1 Å². The number of aromatic hydroxyl groups is 1. The lowest BCUT2D eigenvalue weighted by Crippen LogP contribution is -2.47. The summed E-state index contributed by atoms with van der Waals surface area (Å²) in [5.74, 6) is -0.200. The lowest BCUT2D eigenvalue weighted by molar-refractivity contribution is 0.0544. The number of aliphatic hydroxyl groups is 1. The summed E-state index contributed by atoms with van der Waals surface area (Å²) in [6.45, 7) is 9.97. The standard InChI is InChI=1S/C19H28BrN3O6.H2/c1-18(2,3)28-16(26)22-15(23-17(27)29-19(4,5)6)21-10-14(25)11-7-8-13(24)12(20)9-11;/h7-9,14,24-25H,10H2,1-6H3,(H2,21,22,23,26,27);1H. The van der Waals surface area contributed by atoms with E-state index in [4.69, 9.17) is 9.47 Å². The highest BCUT2D eigenvalue weighted by Gasteiger charge is 2.21. The fourth-order valence-electron chi connectivity index (χ4n) is 1.92. The highest BCUT2D eigenvalue weighted by atomic mass is 79.9. The van der Waals surface area contributed by atoms with E-state index in [1.54, 1.807) is 41.5 Å². The van der Waals surface area contributed by atoms with Gasteiger partial charge in [-0.25, -0.2) is 14.6 Å². The zero-order valence-corrected chi connectivity index (χ0v) is 19.0. The predicted octanol–water partition coefficient (Wildman–Crippen LogP) is 3.84. The molecule has 164 valence electrons. The van der Waals surface area contributed by atoms with Gasteiger partial charge in [-0.1, -0.05) is 6.07 Å². The van der Waals surface area contributed by atoms with Gasteiger partial charge in [0, 0.05) is 1.43 Å². The van der Waals surface area contributed by atoms with Gasteiger partial charge < -0.3 is 19.7 Å². The lowest BCUT2D eigenvalue weighted by Gasteiger charge is -2.22. The third-order valence-corrected chi connectivity index (χ3v) is 3.65.